The molecule has 0 atom stereocenters. The third-order valence-corrected chi connectivity index (χ3v) is 3.46. The van der Waals surface area contributed by atoms with Crippen molar-refractivity contribution in [2.75, 3.05) is 31.9 Å². The van der Waals surface area contributed by atoms with Gasteiger partial charge in [-0.2, -0.15) is 0 Å². The van der Waals surface area contributed by atoms with E-state index >= 15 is 0 Å². The number of rotatable bonds is 6. The number of benzene rings is 1. The van der Waals surface area contributed by atoms with Crippen LogP contribution in [0.1, 0.15) is 5.56 Å². The molecule has 23 heavy (non-hydrogen) atoms. The van der Waals surface area contributed by atoms with Crippen LogP contribution >= 0.6 is 11.6 Å². The number of anilines is 2. The number of hydrogen-bond acceptors (Lipinski definition) is 5. The molecule has 2 aromatic rings. The second-order valence-electron chi connectivity index (χ2n) is 4.55. The Bertz CT molecular complexity index is 685. The van der Waals surface area contributed by atoms with Crippen molar-refractivity contribution < 1.29 is 18.3 Å². The maximum Gasteiger partial charge on any atom is 0.191 e. The van der Waals surface area contributed by atoms with Gasteiger partial charge in [-0.3, -0.25) is 0 Å². The fourth-order valence-corrected chi connectivity index (χ4v) is 2.21. The summed E-state index contributed by atoms with van der Waals surface area (Å²) < 4.78 is 38.3. The van der Waals surface area contributed by atoms with Crippen LogP contribution in [0.2, 0.25) is 5.15 Å². The van der Waals surface area contributed by atoms with Crippen LogP contribution in [-0.2, 0) is 6.54 Å². The van der Waals surface area contributed by atoms with E-state index in [-0.39, 0.29) is 23.7 Å². The fourth-order valence-electron chi connectivity index (χ4n) is 2.06. The molecule has 0 spiro atoms. The molecule has 0 aliphatic carbocycles. The summed E-state index contributed by atoms with van der Waals surface area (Å²) in [5.41, 5.74) is 1.06. The topological polar surface area (TPSA) is 55.4 Å². The largest absolute Gasteiger partial charge is 0.493 e. The second-order valence-corrected chi connectivity index (χ2v) is 4.94. The van der Waals surface area contributed by atoms with Gasteiger partial charge in [0.2, 0.25) is 0 Å². The highest BCUT2D eigenvalue weighted by atomic mass is 35.5. The van der Waals surface area contributed by atoms with Gasteiger partial charge in [-0.25, -0.2) is 13.8 Å². The van der Waals surface area contributed by atoms with Gasteiger partial charge in [0, 0.05) is 37.1 Å². The Morgan fingerprint density at radius 1 is 1.13 bits per heavy atom. The van der Waals surface area contributed by atoms with Gasteiger partial charge in [0.05, 0.1) is 14.2 Å². The number of aromatic nitrogens is 1. The van der Waals surface area contributed by atoms with Crippen LogP contribution in [0.4, 0.5) is 20.2 Å². The van der Waals surface area contributed by atoms with Crippen molar-refractivity contribution in [1.29, 1.82) is 0 Å². The predicted octanol–water partition coefficient (Wildman–Crippen LogP) is 3.68. The van der Waals surface area contributed by atoms with Crippen molar-refractivity contribution in [3.63, 3.8) is 0 Å². The first-order valence-electron chi connectivity index (χ1n) is 6.67. The average Bonchev–Trinajstić information content (AvgIpc) is 2.56. The molecule has 0 amide bonds. The SMILES string of the molecule is CNc1cc(Cl)ncc1CNc1c(F)c(OC)cc(OC)c1F. The van der Waals surface area contributed by atoms with Gasteiger partial charge in [-0.05, 0) is 6.07 Å². The lowest BCUT2D eigenvalue weighted by Crippen LogP contribution is -2.08. The van der Waals surface area contributed by atoms with E-state index in [0.717, 1.165) is 6.07 Å². The van der Waals surface area contributed by atoms with E-state index in [9.17, 15) is 8.78 Å². The zero-order chi connectivity index (χ0) is 17.0. The summed E-state index contributed by atoms with van der Waals surface area (Å²) >= 11 is 5.82. The highest BCUT2D eigenvalue weighted by Gasteiger charge is 2.20. The minimum Gasteiger partial charge on any atom is -0.493 e. The van der Waals surface area contributed by atoms with Crippen LogP contribution in [-0.4, -0.2) is 26.3 Å². The molecule has 8 heteroatoms. The quantitative estimate of drug-likeness (QED) is 0.784. The molecule has 1 aromatic carbocycles. The minimum atomic E-state index is -0.835. The average molecular weight is 344 g/mol. The molecule has 0 radical (unpaired) electrons. The van der Waals surface area contributed by atoms with Gasteiger partial charge in [0.25, 0.3) is 0 Å². The highest BCUT2D eigenvalue weighted by molar-refractivity contribution is 6.29. The highest BCUT2D eigenvalue weighted by Crippen LogP contribution is 2.35. The molecule has 0 saturated heterocycles. The van der Waals surface area contributed by atoms with Gasteiger partial charge >= 0.3 is 0 Å². The molecule has 0 bridgehead atoms. The second kappa shape index (κ2) is 7.32. The maximum absolute atomic E-state index is 14.3. The summed E-state index contributed by atoms with van der Waals surface area (Å²) in [6, 6.07) is 2.77. The van der Waals surface area contributed by atoms with Gasteiger partial charge < -0.3 is 20.1 Å². The smallest absolute Gasteiger partial charge is 0.191 e. The first-order valence-corrected chi connectivity index (χ1v) is 7.05. The van der Waals surface area contributed by atoms with E-state index in [2.05, 4.69) is 15.6 Å². The Hall–Kier alpha value is -2.28. The Morgan fingerprint density at radius 3 is 2.26 bits per heavy atom. The molecule has 5 nitrogen and oxygen atoms in total. The van der Waals surface area contributed by atoms with Crippen LogP contribution in [0.5, 0.6) is 11.5 Å². The lowest BCUT2D eigenvalue weighted by atomic mass is 10.2. The first kappa shape index (κ1) is 17.1. The molecule has 0 aliphatic heterocycles. The van der Waals surface area contributed by atoms with E-state index in [0.29, 0.717) is 16.4 Å². The van der Waals surface area contributed by atoms with E-state index in [1.54, 1.807) is 13.1 Å². The number of ether oxygens (including phenoxy) is 2. The number of nitrogens with one attached hydrogen (secondary N) is 2. The predicted molar refractivity (Wildman–Crippen MR) is 85.6 cm³/mol. The normalized spacial score (nSPS) is 10.3. The van der Waals surface area contributed by atoms with Crippen molar-refractivity contribution in [1.82, 2.24) is 4.98 Å². The molecule has 0 aliphatic rings. The summed E-state index contributed by atoms with van der Waals surface area (Å²) in [6.45, 7) is 0.129. The van der Waals surface area contributed by atoms with Crippen molar-refractivity contribution in [3.8, 4) is 11.5 Å². The van der Waals surface area contributed by atoms with E-state index in [1.165, 1.54) is 20.4 Å². The van der Waals surface area contributed by atoms with Crippen LogP contribution in [0.25, 0.3) is 0 Å². The molecule has 1 heterocycles. The fraction of sp³-hybridized carbons (Fsp3) is 0.267. The van der Waals surface area contributed by atoms with Crippen molar-refractivity contribution >= 4 is 23.0 Å². The monoisotopic (exact) mass is 343 g/mol. The molecule has 124 valence electrons. The standard InChI is InChI=1S/C15H16ClF2N3O2/c1-19-9-4-12(16)20-6-8(9)7-21-15-13(17)10(22-2)5-11(23-3)14(15)18/h4-6,21H,7H2,1-3H3,(H,19,20). The molecule has 0 saturated carbocycles. The Labute approximate surface area is 137 Å². The Balaban J connectivity index is 2.34. The number of halogens is 3. The number of nitrogens with zero attached hydrogens (tertiary/aromatic N) is 1. The Kier molecular flexibility index (Phi) is 5.44. The first-order chi connectivity index (χ1) is 11.0. The molecular formula is C15H16ClF2N3O2. The molecule has 2 rings (SSSR count). The lowest BCUT2D eigenvalue weighted by Gasteiger charge is -2.15. The summed E-state index contributed by atoms with van der Waals surface area (Å²) in [7, 11) is 4.30. The van der Waals surface area contributed by atoms with Crippen molar-refractivity contribution in [2.24, 2.45) is 0 Å². The van der Waals surface area contributed by atoms with E-state index in [4.69, 9.17) is 21.1 Å². The van der Waals surface area contributed by atoms with Gasteiger partial charge in [0.1, 0.15) is 10.8 Å². The number of methoxy groups -OCH3 is 2. The molecular weight excluding hydrogens is 328 g/mol. The van der Waals surface area contributed by atoms with Gasteiger partial charge in [-0.1, -0.05) is 11.6 Å². The maximum atomic E-state index is 14.3. The number of hydrogen-bond donors (Lipinski definition) is 2. The van der Waals surface area contributed by atoms with Crippen LogP contribution in [0.15, 0.2) is 18.3 Å². The van der Waals surface area contributed by atoms with Gasteiger partial charge in [-0.15, -0.1) is 0 Å². The minimum absolute atomic E-state index is 0.117. The van der Waals surface area contributed by atoms with Crippen LogP contribution in [0.3, 0.4) is 0 Å². The Morgan fingerprint density at radius 2 is 1.74 bits per heavy atom. The summed E-state index contributed by atoms with van der Waals surface area (Å²) in [5.74, 6) is -1.90. The summed E-state index contributed by atoms with van der Waals surface area (Å²) in [5, 5.41) is 5.97. The van der Waals surface area contributed by atoms with E-state index in [1.807, 2.05) is 0 Å². The summed E-state index contributed by atoms with van der Waals surface area (Å²) in [4.78, 5) is 3.96. The third-order valence-electron chi connectivity index (χ3n) is 3.25. The zero-order valence-electron chi connectivity index (χ0n) is 12.8. The van der Waals surface area contributed by atoms with Crippen LogP contribution in [0, 0.1) is 11.6 Å². The molecule has 0 fully saturated rings. The molecule has 1 aromatic heterocycles. The molecule has 0 unspecified atom stereocenters. The number of pyridine rings is 1. The summed E-state index contributed by atoms with van der Waals surface area (Å²) in [6.07, 6.45) is 1.52. The van der Waals surface area contributed by atoms with Gasteiger partial charge in [0.15, 0.2) is 23.1 Å². The third kappa shape index (κ3) is 3.56. The van der Waals surface area contributed by atoms with Crippen molar-refractivity contribution in [3.05, 3.63) is 40.7 Å². The van der Waals surface area contributed by atoms with Crippen molar-refractivity contribution in [2.45, 2.75) is 6.54 Å². The zero-order valence-corrected chi connectivity index (χ0v) is 13.6. The molecule has 2 N–H and O–H groups in total. The van der Waals surface area contributed by atoms with Crippen LogP contribution < -0.4 is 20.1 Å². The van der Waals surface area contributed by atoms with E-state index < -0.39 is 11.6 Å². The lowest BCUT2D eigenvalue weighted by molar-refractivity contribution is 0.360.